The lowest BCUT2D eigenvalue weighted by atomic mass is 9.97. The Labute approximate surface area is 107 Å². The van der Waals surface area contributed by atoms with E-state index in [4.69, 9.17) is 4.42 Å². The van der Waals surface area contributed by atoms with Gasteiger partial charge in [-0.25, -0.2) is 4.98 Å². The number of aromatic nitrogens is 1. The van der Waals surface area contributed by atoms with Gasteiger partial charge in [0.05, 0.1) is 5.60 Å². The molecule has 1 aliphatic carbocycles. The molecule has 0 atom stereocenters. The Bertz CT molecular complexity index is 588. The fraction of sp³-hybridized carbons (Fsp3) is 0.533. The minimum absolute atomic E-state index is 0.0755. The maximum Gasteiger partial charge on any atom is 0.200 e. The van der Waals surface area contributed by atoms with Crippen LogP contribution in [-0.2, 0) is 11.8 Å². The molecule has 3 nitrogen and oxygen atoms in total. The van der Waals surface area contributed by atoms with E-state index in [2.05, 4.69) is 25.8 Å². The highest BCUT2D eigenvalue weighted by molar-refractivity contribution is 5.73. The lowest BCUT2D eigenvalue weighted by Crippen LogP contribution is -2.11. The van der Waals surface area contributed by atoms with Gasteiger partial charge in [-0.2, -0.15) is 0 Å². The molecule has 0 unspecified atom stereocenters. The Kier molecular flexibility index (Phi) is 2.33. The Balaban J connectivity index is 1.96. The highest BCUT2D eigenvalue weighted by Gasteiger charge is 2.40. The molecule has 1 N–H and O–H groups in total. The first kappa shape index (κ1) is 11.7. The average Bonchev–Trinajstić information content (AvgIpc) is 2.83. The minimum Gasteiger partial charge on any atom is -0.440 e. The third kappa shape index (κ3) is 2.15. The zero-order chi connectivity index (χ0) is 13.0. The first-order valence-electron chi connectivity index (χ1n) is 6.48. The van der Waals surface area contributed by atoms with Crippen LogP contribution in [0.3, 0.4) is 0 Å². The summed E-state index contributed by atoms with van der Waals surface area (Å²) in [5, 5.41) is 9.94. The molecule has 0 spiro atoms. The van der Waals surface area contributed by atoms with Crippen molar-refractivity contribution in [1.29, 1.82) is 0 Å². The van der Waals surface area contributed by atoms with Crippen molar-refractivity contribution in [1.82, 2.24) is 4.98 Å². The van der Waals surface area contributed by atoms with Gasteiger partial charge in [-0.15, -0.1) is 0 Å². The highest BCUT2D eigenvalue weighted by atomic mass is 16.3. The van der Waals surface area contributed by atoms with Crippen molar-refractivity contribution >= 4 is 11.1 Å². The second kappa shape index (κ2) is 3.58. The van der Waals surface area contributed by atoms with Gasteiger partial charge in [0.2, 0.25) is 5.89 Å². The molecule has 1 aromatic carbocycles. The summed E-state index contributed by atoms with van der Waals surface area (Å²) in [5.41, 5.74) is 2.32. The normalized spacial score (nSPS) is 18.2. The maximum absolute atomic E-state index is 9.94. The Morgan fingerprint density at radius 2 is 2.06 bits per heavy atom. The van der Waals surface area contributed by atoms with Crippen LogP contribution in [0, 0.1) is 0 Å². The molecular formula is C15H19NO2. The van der Waals surface area contributed by atoms with E-state index in [1.165, 1.54) is 0 Å². The number of fused-ring (bicyclic) bond motifs is 1. The van der Waals surface area contributed by atoms with Crippen molar-refractivity contribution in [2.45, 2.75) is 51.0 Å². The topological polar surface area (TPSA) is 46.3 Å². The number of benzene rings is 1. The van der Waals surface area contributed by atoms with Crippen molar-refractivity contribution in [3.63, 3.8) is 0 Å². The fourth-order valence-electron chi connectivity index (χ4n) is 2.10. The maximum atomic E-state index is 9.94. The van der Waals surface area contributed by atoms with Gasteiger partial charge in [0, 0.05) is 11.8 Å². The van der Waals surface area contributed by atoms with Gasteiger partial charge >= 0.3 is 0 Å². The van der Waals surface area contributed by atoms with E-state index in [-0.39, 0.29) is 5.41 Å². The highest BCUT2D eigenvalue weighted by Crippen LogP contribution is 2.38. The lowest BCUT2D eigenvalue weighted by molar-refractivity contribution is 0.151. The molecule has 0 bridgehead atoms. The molecule has 96 valence electrons. The van der Waals surface area contributed by atoms with Crippen molar-refractivity contribution in [2.24, 2.45) is 0 Å². The van der Waals surface area contributed by atoms with E-state index in [1.807, 2.05) is 18.2 Å². The molecule has 2 aromatic rings. The number of rotatable bonds is 2. The molecule has 0 aliphatic heterocycles. The average molecular weight is 245 g/mol. The number of aliphatic hydroxyl groups is 1. The molecule has 3 heteroatoms. The summed E-state index contributed by atoms with van der Waals surface area (Å²) < 4.78 is 5.76. The molecule has 0 radical (unpaired) electrons. The van der Waals surface area contributed by atoms with Crippen LogP contribution < -0.4 is 0 Å². The minimum atomic E-state index is -0.454. The number of oxazole rings is 1. The molecule has 1 heterocycles. The Hall–Kier alpha value is -1.35. The summed E-state index contributed by atoms with van der Waals surface area (Å²) in [6.45, 7) is 6.27. The van der Waals surface area contributed by atoms with Crippen LogP contribution in [-0.4, -0.2) is 15.7 Å². The number of hydrogen-bond donors (Lipinski definition) is 1. The van der Waals surface area contributed by atoms with E-state index >= 15 is 0 Å². The Morgan fingerprint density at radius 1 is 1.33 bits per heavy atom. The van der Waals surface area contributed by atoms with E-state index in [1.54, 1.807) is 0 Å². The van der Waals surface area contributed by atoms with Crippen molar-refractivity contribution in [3.8, 4) is 0 Å². The van der Waals surface area contributed by atoms with Gasteiger partial charge in [-0.3, -0.25) is 0 Å². The molecule has 1 aliphatic rings. The predicted octanol–water partition coefficient (Wildman–Crippen LogP) is 3.19. The van der Waals surface area contributed by atoms with Crippen LogP contribution in [0.15, 0.2) is 22.6 Å². The number of hydrogen-bond acceptors (Lipinski definition) is 3. The van der Waals surface area contributed by atoms with E-state index in [0.717, 1.165) is 41.8 Å². The van der Waals surface area contributed by atoms with E-state index in [9.17, 15) is 5.11 Å². The number of nitrogens with zero attached hydrogens (tertiary/aromatic N) is 1. The van der Waals surface area contributed by atoms with Gasteiger partial charge in [-0.1, -0.05) is 26.8 Å². The molecule has 1 saturated carbocycles. The predicted molar refractivity (Wildman–Crippen MR) is 70.6 cm³/mol. The zero-order valence-electron chi connectivity index (χ0n) is 11.2. The monoisotopic (exact) mass is 245 g/mol. The van der Waals surface area contributed by atoms with Crippen LogP contribution in [0.2, 0.25) is 0 Å². The van der Waals surface area contributed by atoms with E-state index < -0.39 is 5.60 Å². The van der Waals surface area contributed by atoms with E-state index in [0.29, 0.717) is 0 Å². The standard InChI is InChI=1S/C15H19NO2/c1-14(2,3)13-16-11-8-10(4-5-12(11)18-13)9-15(17)6-7-15/h4-5,8,17H,6-7,9H2,1-3H3. The van der Waals surface area contributed by atoms with Gasteiger partial charge < -0.3 is 9.52 Å². The van der Waals surface area contributed by atoms with Crippen LogP contribution in [0.25, 0.3) is 11.1 Å². The molecule has 18 heavy (non-hydrogen) atoms. The van der Waals surface area contributed by atoms with Gasteiger partial charge in [0.1, 0.15) is 5.52 Å². The summed E-state index contributed by atoms with van der Waals surface area (Å²) in [5.74, 6) is 0.764. The zero-order valence-corrected chi connectivity index (χ0v) is 11.2. The van der Waals surface area contributed by atoms with Gasteiger partial charge in [0.25, 0.3) is 0 Å². The van der Waals surface area contributed by atoms with Crippen molar-refractivity contribution in [2.75, 3.05) is 0 Å². The second-order valence-electron chi connectivity index (χ2n) is 6.47. The first-order chi connectivity index (χ1) is 8.36. The summed E-state index contributed by atoms with van der Waals surface area (Å²) in [6.07, 6.45) is 2.55. The second-order valence-corrected chi connectivity index (χ2v) is 6.47. The quantitative estimate of drug-likeness (QED) is 0.883. The summed E-state index contributed by atoms with van der Waals surface area (Å²) in [4.78, 5) is 4.55. The van der Waals surface area contributed by atoms with Crippen LogP contribution in [0.1, 0.15) is 45.1 Å². The molecular weight excluding hydrogens is 226 g/mol. The first-order valence-corrected chi connectivity index (χ1v) is 6.48. The molecule has 1 fully saturated rings. The third-order valence-corrected chi connectivity index (χ3v) is 3.45. The molecule has 0 saturated heterocycles. The summed E-state index contributed by atoms with van der Waals surface area (Å²) >= 11 is 0. The summed E-state index contributed by atoms with van der Waals surface area (Å²) in [6, 6.07) is 6.01. The fourth-order valence-corrected chi connectivity index (χ4v) is 2.10. The van der Waals surface area contributed by atoms with Gasteiger partial charge in [0.15, 0.2) is 5.58 Å². The lowest BCUT2D eigenvalue weighted by Gasteiger charge is -2.11. The summed E-state index contributed by atoms with van der Waals surface area (Å²) in [7, 11) is 0. The SMILES string of the molecule is CC(C)(C)c1nc2cc(CC3(O)CC3)ccc2o1. The molecule has 3 rings (SSSR count). The Morgan fingerprint density at radius 3 is 2.67 bits per heavy atom. The third-order valence-electron chi connectivity index (χ3n) is 3.45. The smallest absolute Gasteiger partial charge is 0.200 e. The largest absolute Gasteiger partial charge is 0.440 e. The van der Waals surface area contributed by atoms with Crippen molar-refractivity contribution in [3.05, 3.63) is 29.7 Å². The van der Waals surface area contributed by atoms with Gasteiger partial charge in [-0.05, 0) is 30.5 Å². The van der Waals surface area contributed by atoms with Crippen LogP contribution in [0.4, 0.5) is 0 Å². The molecule has 0 amide bonds. The van der Waals surface area contributed by atoms with Crippen molar-refractivity contribution < 1.29 is 9.52 Å². The van der Waals surface area contributed by atoms with Crippen LogP contribution in [0.5, 0.6) is 0 Å². The molecule has 1 aromatic heterocycles. The van der Waals surface area contributed by atoms with Crippen LogP contribution >= 0.6 is 0 Å².